The molecule has 43 heavy (non-hydrogen) atoms. The van der Waals surface area contributed by atoms with Crippen LogP contribution in [0.15, 0.2) is 48.5 Å². The lowest BCUT2D eigenvalue weighted by Crippen LogP contribution is -2.48. The molecule has 2 aromatic rings. The summed E-state index contributed by atoms with van der Waals surface area (Å²) in [7, 11) is 0. The van der Waals surface area contributed by atoms with Crippen molar-refractivity contribution in [2.24, 2.45) is 11.8 Å². The fourth-order valence-electron chi connectivity index (χ4n) is 6.79. The van der Waals surface area contributed by atoms with Crippen molar-refractivity contribution in [2.75, 3.05) is 39.3 Å². The topological polar surface area (TPSA) is 79.4 Å². The maximum atomic E-state index is 13.9. The first kappa shape index (κ1) is 31.3. The number of halogens is 2. The van der Waals surface area contributed by atoms with Crippen molar-refractivity contribution in [1.82, 2.24) is 14.7 Å². The summed E-state index contributed by atoms with van der Waals surface area (Å²) >= 11 is 6.16. The van der Waals surface area contributed by atoms with Gasteiger partial charge in [-0.1, -0.05) is 23.7 Å². The van der Waals surface area contributed by atoms with E-state index in [0.29, 0.717) is 63.6 Å². The number of rotatable bonds is 6. The minimum atomic E-state index is -0.546. The first-order chi connectivity index (χ1) is 20.5. The van der Waals surface area contributed by atoms with Crippen LogP contribution in [0.2, 0.25) is 5.02 Å². The fraction of sp³-hybridized carbons (Fsp3) is 0.545. The standard InChI is InChI=1S/C33H41ClFN3O5/c1-4-38(32(41)43-27-11-9-26(35)10-12-27)29-21-37(20-28(29)22-5-7-25(34)8-6-22)30(39)23-13-16-36(17-14-23)31(40)24-15-18-42-33(2,3)19-24/h5-12,23-24,28-29H,4,13-21H2,1-3H3/t24?,28-,29+/m0/s1. The molecule has 0 spiro atoms. The lowest BCUT2D eigenvalue weighted by atomic mass is 9.86. The molecule has 2 aromatic carbocycles. The van der Waals surface area contributed by atoms with Gasteiger partial charge in [-0.3, -0.25) is 9.59 Å². The number of hydrogen-bond donors (Lipinski definition) is 0. The predicted octanol–water partition coefficient (Wildman–Crippen LogP) is 5.74. The van der Waals surface area contributed by atoms with Crippen LogP contribution in [0, 0.1) is 17.7 Å². The maximum absolute atomic E-state index is 13.9. The summed E-state index contributed by atoms with van der Waals surface area (Å²) in [5, 5.41) is 0.611. The molecule has 3 fully saturated rings. The number of carbonyl (C=O) groups excluding carboxylic acids is 3. The number of amides is 3. The van der Waals surface area contributed by atoms with Gasteiger partial charge in [0.05, 0.1) is 11.6 Å². The smallest absolute Gasteiger partial charge is 0.410 e. The molecule has 0 N–H and O–H groups in total. The Bertz CT molecular complexity index is 1300. The minimum Gasteiger partial charge on any atom is -0.410 e. The number of ether oxygens (including phenoxy) is 2. The highest BCUT2D eigenvalue weighted by atomic mass is 35.5. The first-order valence-corrected chi connectivity index (χ1v) is 15.6. The number of piperidine rings is 1. The van der Waals surface area contributed by atoms with Gasteiger partial charge in [0.25, 0.3) is 0 Å². The maximum Gasteiger partial charge on any atom is 0.415 e. The van der Waals surface area contributed by atoms with Gasteiger partial charge in [-0.25, -0.2) is 9.18 Å². The zero-order valence-electron chi connectivity index (χ0n) is 25.1. The molecule has 3 saturated heterocycles. The van der Waals surface area contributed by atoms with E-state index in [9.17, 15) is 18.8 Å². The van der Waals surface area contributed by atoms with Crippen LogP contribution in [0.3, 0.4) is 0 Å². The number of hydrogen-bond acceptors (Lipinski definition) is 5. The van der Waals surface area contributed by atoms with E-state index >= 15 is 0 Å². The summed E-state index contributed by atoms with van der Waals surface area (Å²) in [5.41, 5.74) is 0.690. The lowest BCUT2D eigenvalue weighted by Gasteiger charge is -2.39. The van der Waals surface area contributed by atoms with Gasteiger partial charge in [0.1, 0.15) is 11.6 Å². The SMILES string of the molecule is CCN(C(=O)Oc1ccc(F)cc1)[C@@H]1CN(C(=O)C2CCN(C(=O)C3CCOC(C)(C)C3)CC2)C[C@H]1c1ccc(Cl)cc1. The molecule has 3 aliphatic rings. The van der Waals surface area contributed by atoms with Crippen LogP contribution >= 0.6 is 11.6 Å². The summed E-state index contributed by atoms with van der Waals surface area (Å²) in [6.45, 7) is 8.86. The van der Waals surface area contributed by atoms with Crippen LogP contribution < -0.4 is 4.74 Å². The van der Waals surface area contributed by atoms with Gasteiger partial charge in [-0.05, 0) is 88.4 Å². The molecule has 0 aliphatic carbocycles. The van der Waals surface area contributed by atoms with Crippen molar-refractivity contribution >= 4 is 29.5 Å². The Balaban J connectivity index is 1.26. The molecule has 0 aromatic heterocycles. The molecule has 10 heteroatoms. The third-order valence-electron chi connectivity index (χ3n) is 9.10. The van der Waals surface area contributed by atoms with Crippen molar-refractivity contribution in [1.29, 1.82) is 0 Å². The van der Waals surface area contributed by atoms with E-state index < -0.39 is 11.9 Å². The van der Waals surface area contributed by atoms with Crippen LogP contribution in [0.1, 0.15) is 57.9 Å². The molecular weight excluding hydrogens is 573 g/mol. The largest absolute Gasteiger partial charge is 0.415 e. The van der Waals surface area contributed by atoms with Crippen LogP contribution in [0.5, 0.6) is 5.75 Å². The van der Waals surface area contributed by atoms with E-state index in [0.717, 1.165) is 12.0 Å². The number of nitrogens with zero attached hydrogens (tertiary/aromatic N) is 3. The third kappa shape index (κ3) is 7.32. The molecular formula is C33H41ClFN3O5. The van der Waals surface area contributed by atoms with E-state index in [-0.39, 0.29) is 47.0 Å². The Morgan fingerprint density at radius 2 is 1.60 bits per heavy atom. The van der Waals surface area contributed by atoms with Crippen molar-refractivity contribution in [2.45, 2.75) is 64.0 Å². The Hall–Kier alpha value is -3.17. The first-order valence-electron chi connectivity index (χ1n) is 15.3. The molecule has 3 heterocycles. The summed E-state index contributed by atoms with van der Waals surface area (Å²) in [4.78, 5) is 45.9. The second-order valence-electron chi connectivity index (χ2n) is 12.5. The molecule has 232 valence electrons. The van der Waals surface area contributed by atoms with Gasteiger partial charge in [0.2, 0.25) is 11.8 Å². The van der Waals surface area contributed by atoms with Gasteiger partial charge < -0.3 is 24.2 Å². The summed E-state index contributed by atoms with van der Waals surface area (Å²) in [6.07, 6.45) is 2.14. The average Bonchev–Trinajstić information content (AvgIpc) is 3.43. The molecule has 3 amide bonds. The van der Waals surface area contributed by atoms with Gasteiger partial charge in [0.15, 0.2) is 0 Å². The molecule has 8 nitrogen and oxygen atoms in total. The highest BCUT2D eigenvalue weighted by molar-refractivity contribution is 6.30. The van der Waals surface area contributed by atoms with E-state index in [1.807, 2.05) is 54.8 Å². The molecule has 0 bridgehead atoms. The third-order valence-corrected chi connectivity index (χ3v) is 9.35. The highest BCUT2D eigenvalue weighted by Crippen LogP contribution is 2.35. The zero-order valence-corrected chi connectivity index (χ0v) is 25.9. The van der Waals surface area contributed by atoms with Gasteiger partial charge in [-0.15, -0.1) is 0 Å². The average molecular weight is 614 g/mol. The van der Waals surface area contributed by atoms with E-state index in [1.54, 1.807) is 4.90 Å². The number of benzene rings is 2. The highest BCUT2D eigenvalue weighted by Gasteiger charge is 2.44. The summed E-state index contributed by atoms with van der Waals surface area (Å²) in [6, 6.07) is 12.5. The summed E-state index contributed by atoms with van der Waals surface area (Å²) < 4.78 is 24.8. The van der Waals surface area contributed by atoms with Crippen LogP contribution in [0.4, 0.5) is 9.18 Å². The number of carbonyl (C=O) groups is 3. The van der Waals surface area contributed by atoms with Gasteiger partial charge in [-0.2, -0.15) is 0 Å². The minimum absolute atomic E-state index is 0.0369. The Morgan fingerprint density at radius 1 is 0.953 bits per heavy atom. The quantitative estimate of drug-likeness (QED) is 0.415. The van der Waals surface area contributed by atoms with Gasteiger partial charge >= 0.3 is 6.09 Å². The van der Waals surface area contributed by atoms with Crippen molar-refractivity contribution in [3.63, 3.8) is 0 Å². The Kier molecular flexibility index (Phi) is 9.61. The molecule has 3 atom stereocenters. The van der Waals surface area contributed by atoms with Crippen molar-refractivity contribution in [3.8, 4) is 5.75 Å². The number of likely N-dealkylation sites (tertiary alicyclic amines) is 2. The molecule has 5 rings (SSSR count). The van der Waals surface area contributed by atoms with Crippen molar-refractivity contribution < 1.29 is 28.2 Å². The zero-order chi connectivity index (χ0) is 30.7. The van der Waals surface area contributed by atoms with E-state index in [4.69, 9.17) is 21.1 Å². The van der Waals surface area contributed by atoms with E-state index in [1.165, 1.54) is 24.3 Å². The fourth-order valence-corrected chi connectivity index (χ4v) is 6.91. The predicted molar refractivity (Wildman–Crippen MR) is 161 cm³/mol. The molecule has 1 unspecified atom stereocenters. The molecule has 3 aliphatic heterocycles. The second kappa shape index (κ2) is 13.2. The van der Waals surface area contributed by atoms with Crippen molar-refractivity contribution in [3.05, 3.63) is 64.9 Å². The summed E-state index contributed by atoms with van der Waals surface area (Å²) in [5.74, 6) is -0.285. The Labute approximate surface area is 258 Å². The second-order valence-corrected chi connectivity index (χ2v) is 12.9. The van der Waals surface area contributed by atoms with Crippen LogP contribution in [0.25, 0.3) is 0 Å². The monoisotopic (exact) mass is 613 g/mol. The van der Waals surface area contributed by atoms with E-state index in [2.05, 4.69) is 0 Å². The van der Waals surface area contributed by atoms with Crippen LogP contribution in [-0.2, 0) is 14.3 Å². The van der Waals surface area contributed by atoms with Gasteiger partial charge in [0, 0.05) is 62.1 Å². The lowest BCUT2D eigenvalue weighted by molar-refractivity contribution is -0.148. The normalized spacial score (nSPS) is 24.1. The Morgan fingerprint density at radius 3 is 2.23 bits per heavy atom. The van der Waals surface area contributed by atoms with Crippen LogP contribution in [-0.4, -0.2) is 83.6 Å². The molecule has 0 radical (unpaired) electrons. The molecule has 0 saturated carbocycles. The number of likely N-dealkylation sites (N-methyl/N-ethyl adjacent to an activating group) is 1.